The van der Waals surface area contributed by atoms with Crippen LogP contribution in [0.3, 0.4) is 0 Å². The quantitative estimate of drug-likeness (QED) is 0.634. The van der Waals surface area contributed by atoms with Crippen molar-refractivity contribution in [3.05, 3.63) is 53.9 Å². The molecule has 1 atom stereocenters. The summed E-state index contributed by atoms with van der Waals surface area (Å²) in [4.78, 5) is 44.3. The van der Waals surface area contributed by atoms with Crippen LogP contribution in [-0.4, -0.2) is 84.9 Å². The Labute approximate surface area is 193 Å². The first-order chi connectivity index (χ1) is 16.4. The zero-order valence-corrected chi connectivity index (χ0v) is 18.1. The number of hydrogen-bond donors (Lipinski definition) is 2. The molecule has 1 unspecified atom stereocenters. The second kappa shape index (κ2) is 10.00. The van der Waals surface area contributed by atoms with Gasteiger partial charge >= 0.3 is 6.09 Å². The van der Waals surface area contributed by atoms with E-state index in [2.05, 4.69) is 10.3 Å². The molecule has 1 aromatic heterocycles. The van der Waals surface area contributed by atoms with Crippen molar-refractivity contribution in [1.29, 1.82) is 0 Å². The van der Waals surface area contributed by atoms with Crippen molar-refractivity contribution in [2.45, 2.75) is 6.10 Å². The molecule has 12 heteroatoms. The summed E-state index contributed by atoms with van der Waals surface area (Å²) in [5, 5.41) is 11.7. The molecule has 34 heavy (non-hydrogen) atoms. The maximum atomic E-state index is 14.8. The Kier molecular flexibility index (Phi) is 6.87. The molecule has 1 aromatic carbocycles. The Morgan fingerprint density at radius 2 is 1.88 bits per heavy atom. The number of anilines is 2. The number of aliphatic hydroxyl groups excluding tert-OH is 1. The van der Waals surface area contributed by atoms with Crippen LogP contribution in [0.1, 0.15) is 10.4 Å². The molecule has 2 fully saturated rings. The fraction of sp³-hybridized carbons (Fsp3) is 0.364. The van der Waals surface area contributed by atoms with E-state index in [1.165, 1.54) is 22.2 Å². The second-order valence-electron chi connectivity index (χ2n) is 7.85. The largest absolute Gasteiger partial charge is 0.441 e. The summed E-state index contributed by atoms with van der Waals surface area (Å²) in [5.74, 6) is -2.42. The number of nitrogens with one attached hydrogen (secondary N) is 1. The van der Waals surface area contributed by atoms with E-state index in [1.54, 1.807) is 12.1 Å². The Hall–Kier alpha value is -3.80. The van der Waals surface area contributed by atoms with Gasteiger partial charge in [-0.15, -0.1) is 0 Å². The number of halogens is 2. The van der Waals surface area contributed by atoms with Gasteiger partial charge in [0.1, 0.15) is 11.8 Å². The molecular weight excluding hydrogens is 452 g/mol. The van der Waals surface area contributed by atoms with Gasteiger partial charge < -0.3 is 25.0 Å². The lowest BCUT2D eigenvalue weighted by molar-refractivity contribution is -0.130. The molecule has 0 saturated carbocycles. The number of benzene rings is 1. The minimum atomic E-state index is -0.848. The van der Waals surface area contributed by atoms with Crippen molar-refractivity contribution < 1.29 is 33.0 Å². The smallest absolute Gasteiger partial charge is 0.414 e. The Balaban J connectivity index is 1.34. The summed E-state index contributed by atoms with van der Waals surface area (Å²) < 4.78 is 34.6. The van der Waals surface area contributed by atoms with Crippen LogP contribution in [0.25, 0.3) is 0 Å². The number of aliphatic hydroxyl groups is 1. The third-order valence-corrected chi connectivity index (χ3v) is 5.66. The molecule has 0 aliphatic carbocycles. The van der Waals surface area contributed by atoms with Crippen molar-refractivity contribution >= 4 is 29.3 Å². The zero-order chi connectivity index (χ0) is 24.2. The fourth-order valence-corrected chi connectivity index (χ4v) is 3.88. The van der Waals surface area contributed by atoms with E-state index < -0.39 is 29.7 Å². The van der Waals surface area contributed by atoms with Crippen LogP contribution in [0, 0.1) is 11.6 Å². The van der Waals surface area contributed by atoms with Crippen LogP contribution in [0.2, 0.25) is 0 Å². The van der Waals surface area contributed by atoms with Crippen molar-refractivity contribution in [2.24, 2.45) is 0 Å². The Morgan fingerprint density at radius 3 is 2.47 bits per heavy atom. The van der Waals surface area contributed by atoms with Crippen molar-refractivity contribution in [3.8, 4) is 0 Å². The summed E-state index contributed by atoms with van der Waals surface area (Å²) in [7, 11) is 0. The number of cyclic esters (lactones) is 1. The van der Waals surface area contributed by atoms with Crippen LogP contribution in [0.15, 0.2) is 36.7 Å². The number of ether oxygens (including phenoxy) is 1. The summed E-state index contributed by atoms with van der Waals surface area (Å²) in [5.41, 5.74) is 0.0912. The first-order valence-electron chi connectivity index (χ1n) is 10.7. The number of amides is 3. The maximum Gasteiger partial charge on any atom is 0.414 e. The van der Waals surface area contributed by atoms with Crippen LogP contribution in [0.4, 0.5) is 25.0 Å². The van der Waals surface area contributed by atoms with Crippen molar-refractivity contribution in [1.82, 2.24) is 15.2 Å². The first-order valence-corrected chi connectivity index (χ1v) is 10.7. The highest BCUT2D eigenvalue weighted by Crippen LogP contribution is 2.31. The average Bonchev–Trinajstić information content (AvgIpc) is 3.23. The molecule has 2 aliphatic heterocycles. The van der Waals surface area contributed by atoms with E-state index in [0.29, 0.717) is 5.56 Å². The molecule has 3 heterocycles. The first kappa shape index (κ1) is 23.4. The maximum absolute atomic E-state index is 14.8. The number of rotatable bonds is 6. The molecular formula is C22H23F2N5O5. The van der Waals surface area contributed by atoms with E-state index in [1.807, 2.05) is 0 Å². The van der Waals surface area contributed by atoms with Gasteiger partial charge in [-0.1, -0.05) is 0 Å². The normalized spacial score (nSPS) is 18.1. The molecule has 3 amide bonds. The van der Waals surface area contributed by atoms with Gasteiger partial charge in [0, 0.05) is 50.7 Å². The van der Waals surface area contributed by atoms with Gasteiger partial charge in [0.25, 0.3) is 5.91 Å². The van der Waals surface area contributed by atoms with E-state index in [0.717, 1.165) is 17.0 Å². The van der Waals surface area contributed by atoms with Crippen molar-refractivity contribution in [3.63, 3.8) is 0 Å². The molecule has 10 nitrogen and oxygen atoms in total. The van der Waals surface area contributed by atoms with Gasteiger partial charge in [0.15, 0.2) is 11.6 Å². The molecule has 2 N–H and O–H groups in total. The predicted octanol–water partition coefficient (Wildman–Crippen LogP) is 0.756. The third-order valence-electron chi connectivity index (χ3n) is 5.66. The van der Waals surface area contributed by atoms with Gasteiger partial charge in [0.2, 0.25) is 5.91 Å². The topological polar surface area (TPSA) is 115 Å². The average molecular weight is 475 g/mol. The number of aromatic nitrogens is 1. The van der Waals surface area contributed by atoms with Crippen LogP contribution in [0.5, 0.6) is 0 Å². The van der Waals surface area contributed by atoms with Crippen LogP contribution >= 0.6 is 0 Å². The van der Waals surface area contributed by atoms with Gasteiger partial charge in [-0.05, 0) is 12.1 Å². The van der Waals surface area contributed by atoms with Crippen LogP contribution < -0.4 is 15.1 Å². The highest BCUT2D eigenvalue weighted by Gasteiger charge is 2.33. The second-order valence-corrected chi connectivity index (χ2v) is 7.85. The Bertz CT molecular complexity index is 1060. The Morgan fingerprint density at radius 1 is 1.18 bits per heavy atom. The SMILES string of the molecule is O=C(NCC(=O)N1CCN(c2c(F)cc(N3CC(CO)OC3=O)cc2F)CC1)c1cccnc1. The number of piperazine rings is 1. The number of hydrogen-bond acceptors (Lipinski definition) is 7. The minimum Gasteiger partial charge on any atom is -0.441 e. The van der Waals surface area contributed by atoms with Gasteiger partial charge in [-0.2, -0.15) is 0 Å². The van der Waals surface area contributed by atoms with Gasteiger partial charge in [-0.25, -0.2) is 13.6 Å². The van der Waals surface area contributed by atoms with E-state index in [9.17, 15) is 23.2 Å². The molecule has 0 bridgehead atoms. The van der Waals surface area contributed by atoms with Crippen molar-refractivity contribution in [2.75, 3.05) is 55.7 Å². The number of pyridine rings is 1. The highest BCUT2D eigenvalue weighted by atomic mass is 19.1. The fourth-order valence-electron chi connectivity index (χ4n) is 3.88. The molecule has 2 aliphatic rings. The van der Waals surface area contributed by atoms with Gasteiger partial charge in [0.05, 0.1) is 30.9 Å². The monoisotopic (exact) mass is 475 g/mol. The van der Waals surface area contributed by atoms with Gasteiger partial charge in [-0.3, -0.25) is 19.5 Å². The lowest BCUT2D eigenvalue weighted by atomic mass is 10.2. The van der Waals surface area contributed by atoms with E-state index >= 15 is 0 Å². The third kappa shape index (κ3) is 4.91. The van der Waals surface area contributed by atoms with E-state index in [-0.39, 0.29) is 63.2 Å². The minimum absolute atomic E-state index is 0.00197. The molecule has 0 spiro atoms. The van der Waals surface area contributed by atoms with E-state index in [4.69, 9.17) is 9.84 Å². The summed E-state index contributed by atoms with van der Waals surface area (Å²) in [6.07, 6.45) is 1.39. The standard InChI is InChI=1S/C22H23F2N5O5/c23-17-8-15(29-12-16(13-30)34-22(29)33)9-18(24)20(17)28-6-4-27(5-7-28)19(31)11-26-21(32)14-2-1-3-25-10-14/h1-3,8-10,16,30H,4-7,11-13H2,(H,26,32). The molecule has 180 valence electrons. The zero-order valence-electron chi connectivity index (χ0n) is 18.1. The number of carbonyl (C=O) groups excluding carboxylic acids is 3. The predicted molar refractivity (Wildman–Crippen MR) is 116 cm³/mol. The summed E-state index contributed by atoms with van der Waals surface area (Å²) in [6, 6.07) is 5.29. The molecule has 2 saturated heterocycles. The highest BCUT2D eigenvalue weighted by molar-refractivity contribution is 5.96. The molecule has 2 aromatic rings. The molecule has 4 rings (SSSR count). The molecule has 0 radical (unpaired) electrons. The van der Waals surface area contributed by atoms with Crippen LogP contribution in [-0.2, 0) is 9.53 Å². The summed E-state index contributed by atoms with van der Waals surface area (Å²) >= 11 is 0. The lowest BCUT2D eigenvalue weighted by Crippen LogP contribution is -2.51. The lowest BCUT2D eigenvalue weighted by Gasteiger charge is -2.36. The number of nitrogens with zero attached hydrogens (tertiary/aromatic N) is 4. The summed E-state index contributed by atoms with van der Waals surface area (Å²) in [6.45, 7) is 0.221. The number of carbonyl (C=O) groups is 3.